The Morgan fingerprint density at radius 1 is 1.03 bits per heavy atom. The summed E-state index contributed by atoms with van der Waals surface area (Å²) >= 11 is 1.62. The highest BCUT2D eigenvalue weighted by Gasteiger charge is 2.29. The van der Waals surface area contributed by atoms with Crippen molar-refractivity contribution in [1.29, 1.82) is 0 Å². The zero-order valence-electron chi connectivity index (χ0n) is 16.6. The topological polar surface area (TPSA) is 60.7 Å². The number of hydrogen-bond acceptors (Lipinski definition) is 5. The van der Waals surface area contributed by atoms with Crippen LogP contribution in [0, 0.1) is 0 Å². The lowest BCUT2D eigenvalue weighted by Gasteiger charge is -2.17. The Bertz CT molecular complexity index is 1220. The van der Waals surface area contributed by atoms with E-state index < -0.39 is 0 Å². The number of carbonyl (C=O) groups is 1. The number of fused-ring (bicyclic) bond motifs is 3. The molecule has 0 bridgehead atoms. The molecule has 1 aliphatic carbocycles. The van der Waals surface area contributed by atoms with Crippen LogP contribution in [-0.2, 0) is 25.6 Å². The molecule has 0 saturated heterocycles. The molecule has 0 amide bonds. The molecule has 0 fully saturated rings. The first-order valence-corrected chi connectivity index (χ1v) is 10.9. The van der Waals surface area contributed by atoms with E-state index in [2.05, 4.69) is 22.2 Å². The van der Waals surface area contributed by atoms with E-state index in [1.165, 1.54) is 5.56 Å². The van der Waals surface area contributed by atoms with E-state index in [-0.39, 0.29) is 5.78 Å². The fourth-order valence-corrected chi connectivity index (χ4v) is 4.61. The minimum absolute atomic E-state index is 0.0383. The van der Waals surface area contributed by atoms with Crippen molar-refractivity contribution in [2.75, 3.05) is 0 Å². The number of carbonyl (C=O) groups excluding carboxylic acids is 1. The van der Waals surface area contributed by atoms with Gasteiger partial charge >= 0.3 is 0 Å². The molecule has 0 unspecified atom stereocenters. The summed E-state index contributed by atoms with van der Waals surface area (Å²) < 4.78 is 1.79. The SMILES string of the molecule is Cn1nc(C(=O)c2ccccc2)c2c1-c1nc(SCc3ccccc3)ncc1CC2. The van der Waals surface area contributed by atoms with Crippen LogP contribution >= 0.6 is 11.8 Å². The number of hydrogen-bond donors (Lipinski definition) is 0. The summed E-state index contributed by atoms with van der Waals surface area (Å²) in [7, 11) is 1.88. The third-order valence-electron chi connectivity index (χ3n) is 5.32. The van der Waals surface area contributed by atoms with Gasteiger partial charge in [0.05, 0.1) is 11.4 Å². The molecule has 0 spiro atoms. The number of thioether (sulfide) groups is 1. The lowest BCUT2D eigenvalue weighted by Crippen LogP contribution is -2.11. The van der Waals surface area contributed by atoms with Crippen LogP contribution in [0.25, 0.3) is 11.4 Å². The summed E-state index contributed by atoms with van der Waals surface area (Å²) in [5.41, 5.74) is 6.33. The first-order valence-electron chi connectivity index (χ1n) is 9.89. The number of nitrogens with zero attached hydrogens (tertiary/aromatic N) is 4. The smallest absolute Gasteiger partial charge is 0.213 e. The average molecular weight is 413 g/mol. The van der Waals surface area contributed by atoms with Gasteiger partial charge < -0.3 is 0 Å². The van der Waals surface area contributed by atoms with E-state index in [1.54, 1.807) is 16.4 Å². The predicted octanol–water partition coefficient (Wildman–Crippen LogP) is 4.50. The second kappa shape index (κ2) is 7.88. The Kier molecular flexibility index (Phi) is 4.93. The van der Waals surface area contributed by atoms with Gasteiger partial charge in [0.2, 0.25) is 5.78 Å². The highest BCUT2D eigenvalue weighted by atomic mass is 32.2. The number of aromatic nitrogens is 4. The molecule has 4 aromatic rings. The Hall–Kier alpha value is -3.25. The highest BCUT2D eigenvalue weighted by molar-refractivity contribution is 7.98. The summed E-state index contributed by atoms with van der Waals surface area (Å²) in [4.78, 5) is 22.5. The summed E-state index contributed by atoms with van der Waals surface area (Å²) in [5, 5.41) is 5.33. The Morgan fingerprint density at radius 2 is 1.77 bits per heavy atom. The predicted molar refractivity (Wildman–Crippen MR) is 118 cm³/mol. The van der Waals surface area contributed by atoms with Gasteiger partial charge in [-0.15, -0.1) is 0 Å². The maximum atomic E-state index is 13.1. The van der Waals surface area contributed by atoms with Crippen molar-refractivity contribution < 1.29 is 4.79 Å². The van der Waals surface area contributed by atoms with Gasteiger partial charge in [-0.3, -0.25) is 9.48 Å². The van der Waals surface area contributed by atoms with Crippen LogP contribution in [0.15, 0.2) is 72.0 Å². The van der Waals surface area contributed by atoms with Crippen LogP contribution in [0.2, 0.25) is 0 Å². The maximum absolute atomic E-state index is 13.1. The van der Waals surface area contributed by atoms with Gasteiger partial charge in [-0.05, 0) is 24.0 Å². The molecule has 0 N–H and O–H groups in total. The Morgan fingerprint density at radius 3 is 2.53 bits per heavy atom. The first kappa shape index (κ1) is 18.8. The minimum atomic E-state index is -0.0383. The van der Waals surface area contributed by atoms with E-state index in [9.17, 15) is 4.79 Å². The fourth-order valence-electron chi connectivity index (χ4n) is 3.84. The number of benzene rings is 2. The molecule has 2 heterocycles. The summed E-state index contributed by atoms with van der Waals surface area (Å²) in [6.45, 7) is 0. The van der Waals surface area contributed by atoms with Crippen LogP contribution in [0.4, 0.5) is 0 Å². The molecule has 0 atom stereocenters. The van der Waals surface area contributed by atoms with E-state index >= 15 is 0 Å². The van der Waals surface area contributed by atoms with E-state index in [0.717, 1.165) is 46.3 Å². The van der Waals surface area contributed by atoms with Crippen LogP contribution in [0.1, 0.15) is 32.7 Å². The van der Waals surface area contributed by atoms with Crippen LogP contribution < -0.4 is 0 Å². The molecular formula is C24H20N4OS. The van der Waals surface area contributed by atoms with Crippen molar-refractivity contribution in [3.05, 3.63) is 94.8 Å². The highest BCUT2D eigenvalue weighted by Crippen LogP contribution is 2.35. The zero-order chi connectivity index (χ0) is 20.5. The monoisotopic (exact) mass is 412 g/mol. The molecule has 2 aromatic heterocycles. The van der Waals surface area contributed by atoms with Crippen molar-refractivity contribution in [1.82, 2.24) is 19.7 Å². The molecule has 6 heteroatoms. The molecule has 148 valence electrons. The maximum Gasteiger partial charge on any atom is 0.213 e. The Labute approximate surface area is 179 Å². The molecular weight excluding hydrogens is 392 g/mol. The van der Waals surface area contributed by atoms with E-state index in [4.69, 9.17) is 4.98 Å². The molecule has 2 aromatic carbocycles. The van der Waals surface area contributed by atoms with Crippen LogP contribution in [0.3, 0.4) is 0 Å². The summed E-state index contributed by atoms with van der Waals surface area (Å²) in [6, 6.07) is 19.6. The third-order valence-corrected chi connectivity index (χ3v) is 6.25. The summed E-state index contributed by atoms with van der Waals surface area (Å²) in [5.74, 6) is 0.777. The van der Waals surface area contributed by atoms with Gasteiger partial charge in [0, 0.05) is 30.1 Å². The second-order valence-corrected chi connectivity index (χ2v) is 8.24. The largest absolute Gasteiger partial charge is 0.287 e. The molecule has 0 radical (unpaired) electrons. The second-order valence-electron chi connectivity index (χ2n) is 7.30. The van der Waals surface area contributed by atoms with Crippen molar-refractivity contribution in [2.24, 2.45) is 7.05 Å². The molecule has 5 nitrogen and oxygen atoms in total. The average Bonchev–Trinajstić information content (AvgIpc) is 3.15. The lowest BCUT2D eigenvalue weighted by molar-refractivity contribution is 0.103. The third kappa shape index (κ3) is 3.44. The van der Waals surface area contributed by atoms with Gasteiger partial charge in [0.25, 0.3) is 0 Å². The van der Waals surface area contributed by atoms with Gasteiger partial charge in [0.15, 0.2) is 5.16 Å². The Balaban J connectivity index is 1.49. The lowest BCUT2D eigenvalue weighted by atomic mass is 9.91. The standard InChI is InChI=1S/C24H20N4OS/c1-28-22-19(21(27-28)23(29)17-10-6-3-7-11-17)13-12-18-14-25-24(26-20(18)22)30-15-16-8-4-2-5-9-16/h2-11,14H,12-13,15H2,1H3. The van der Waals surface area contributed by atoms with Crippen LogP contribution in [0.5, 0.6) is 0 Å². The molecule has 1 aliphatic rings. The van der Waals surface area contributed by atoms with Crippen molar-refractivity contribution in [3.8, 4) is 11.4 Å². The van der Waals surface area contributed by atoms with Crippen molar-refractivity contribution >= 4 is 17.5 Å². The van der Waals surface area contributed by atoms with Gasteiger partial charge in [-0.1, -0.05) is 72.4 Å². The van der Waals surface area contributed by atoms with E-state index in [1.807, 2.05) is 61.8 Å². The van der Waals surface area contributed by atoms with Crippen molar-refractivity contribution in [2.45, 2.75) is 23.8 Å². The minimum Gasteiger partial charge on any atom is -0.287 e. The van der Waals surface area contributed by atoms with Crippen LogP contribution in [-0.4, -0.2) is 25.5 Å². The van der Waals surface area contributed by atoms with Gasteiger partial charge in [0.1, 0.15) is 5.69 Å². The summed E-state index contributed by atoms with van der Waals surface area (Å²) in [6.07, 6.45) is 3.50. The van der Waals surface area contributed by atoms with Gasteiger partial charge in [-0.25, -0.2) is 9.97 Å². The normalized spacial score (nSPS) is 12.3. The quantitative estimate of drug-likeness (QED) is 0.274. The zero-order valence-corrected chi connectivity index (χ0v) is 17.4. The number of ketones is 1. The van der Waals surface area contributed by atoms with Crippen molar-refractivity contribution in [3.63, 3.8) is 0 Å². The fraction of sp³-hybridized carbons (Fsp3) is 0.167. The molecule has 30 heavy (non-hydrogen) atoms. The molecule has 0 saturated carbocycles. The number of aryl methyl sites for hydroxylation is 2. The van der Waals surface area contributed by atoms with Gasteiger partial charge in [-0.2, -0.15) is 5.10 Å². The molecule has 5 rings (SSSR count). The first-order chi connectivity index (χ1) is 14.7. The van der Waals surface area contributed by atoms with E-state index in [0.29, 0.717) is 11.3 Å². The molecule has 0 aliphatic heterocycles. The number of rotatable bonds is 5.